The van der Waals surface area contributed by atoms with E-state index in [1.807, 2.05) is 24.3 Å². The van der Waals surface area contributed by atoms with Crippen molar-refractivity contribution in [1.29, 1.82) is 0 Å². The number of piperidine rings is 1. The number of rotatable bonds is 9. The number of hydroxylamine groups is 2. The Kier molecular flexibility index (Phi) is 7.89. The van der Waals surface area contributed by atoms with E-state index in [0.29, 0.717) is 13.0 Å². The highest BCUT2D eigenvalue weighted by atomic mass is 32.2. The summed E-state index contributed by atoms with van der Waals surface area (Å²) >= 11 is 0. The van der Waals surface area contributed by atoms with E-state index in [-0.39, 0.29) is 27.8 Å². The van der Waals surface area contributed by atoms with Gasteiger partial charge in [0, 0.05) is 19.6 Å². The van der Waals surface area contributed by atoms with Crippen LogP contribution in [-0.2, 0) is 35.4 Å². The third-order valence-electron chi connectivity index (χ3n) is 8.94. The summed E-state index contributed by atoms with van der Waals surface area (Å²) < 4.78 is 63.0. The molecule has 2 saturated heterocycles. The lowest BCUT2D eigenvalue weighted by molar-refractivity contribution is -0.125. The van der Waals surface area contributed by atoms with Crippen LogP contribution in [0.15, 0.2) is 94.7 Å². The monoisotopic (exact) mass is 613 g/mol. The minimum absolute atomic E-state index is 0.00105. The van der Waals surface area contributed by atoms with Crippen molar-refractivity contribution in [3.63, 3.8) is 0 Å². The molecule has 2 bridgehead atoms. The third-order valence-corrected chi connectivity index (χ3v) is 18.2. The maximum Gasteiger partial charge on any atom is 0.214 e. The van der Waals surface area contributed by atoms with Crippen LogP contribution in [0.1, 0.15) is 44.4 Å². The zero-order valence-electron chi connectivity index (χ0n) is 24.3. The van der Waals surface area contributed by atoms with Gasteiger partial charge in [-0.15, -0.1) is 0 Å². The van der Waals surface area contributed by atoms with Gasteiger partial charge in [-0.1, -0.05) is 81.4 Å². The number of benzene rings is 3. The molecule has 5 rings (SSSR count). The summed E-state index contributed by atoms with van der Waals surface area (Å²) in [5.74, 6) is 0. The first-order valence-corrected chi connectivity index (χ1v) is 19.9. The van der Waals surface area contributed by atoms with Gasteiger partial charge >= 0.3 is 0 Å². The number of sulfone groups is 2. The fraction of sp³-hybridized carbons (Fsp3) is 0.419. The fourth-order valence-corrected chi connectivity index (χ4v) is 11.1. The van der Waals surface area contributed by atoms with E-state index in [4.69, 9.17) is 9.26 Å². The minimum Gasteiger partial charge on any atom is -0.416 e. The van der Waals surface area contributed by atoms with E-state index in [9.17, 15) is 16.8 Å². The van der Waals surface area contributed by atoms with Crippen LogP contribution in [-0.4, -0.2) is 53.6 Å². The molecule has 0 radical (unpaired) electrons. The summed E-state index contributed by atoms with van der Waals surface area (Å²) in [6.45, 7) is 11.6. The number of fused-ring (bicyclic) bond motifs is 2. The Balaban J connectivity index is 1.51. The molecule has 41 heavy (non-hydrogen) atoms. The first kappa shape index (κ1) is 30.1. The topological polar surface area (TPSA) is 90.0 Å². The van der Waals surface area contributed by atoms with Crippen LogP contribution in [0.5, 0.6) is 0 Å². The minimum atomic E-state index is -4.22. The van der Waals surface area contributed by atoms with Gasteiger partial charge in [0.1, 0.15) is 5.25 Å². The van der Waals surface area contributed by atoms with Crippen LogP contribution in [0.4, 0.5) is 0 Å². The normalized spacial score (nSPS) is 25.0. The van der Waals surface area contributed by atoms with Gasteiger partial charge < -0.3 is 4.43 Å². The summed E-state index contributed by atoms with van der Waals surface area (Å²) in [5.41, 5.74) is 1.98. The largest absolute Gasteiger partial charge is 0.416 e. The molecule has 2 aliphatic heterocycles. The molecule has 2 aliphatic rings. The van der Waals surface area contributed by atoms with E-state index < -0.39 is 44.2 Å². The van der Waals surface area contributed by atoms with E-state index >= 15 is 0 Å². The molecule has 220 valence electrons. The highest BCUT2D eigenvalue weighted by Crippen LogP contribution is 2.55. The van der Waals surface area contributed by atoms with Crippen molar-refractivity contribution < 1.29 is 26.1 Å². The number of hydrogen-bond acceptors (Lipinski definition) is 7. The average Bonchev–Trinajstić information content (AvgIpc) is 3.53. The van der Waals surface area contributed by atoms with Gasteiger partial charge in [0.2, 0.25) is 14.8 Å². The molecule has 0 aromatic heterocycles. The van der Waals surface area contributed by atoms with Crippen LogP contribution in [0.3, 0.4) is 0 Å². The molecule has 0 N–H and O–H groups in total. The zero-order valence-corrected chi connectivity index (χ0v) is 26.9. The summed E-state index contributed by atoms with van der Waals surface area (Å²) in [5, 5.41) is 0.390. The Labute approximate surface area is 245 Å². The van der Waals surface area contributed by atoms with E-state index in [1.54, 1.807) is 41.5 Å². The van der Waals surface area contributed by atoms with Crippen molar-refractivity contribution >= 4 is 28.0 Å². The molecule has 0 spiro atoms. The maximum atomic E-state index is 14.3. The van der Waals surface area contributed by atoms with Gasteiger partial charge in [0.05, 0.1) is 15.8 Å². The summed E-state index contributed by atoms with van der Waals surface area (Å²) in [7, 11) is -10.2. The second-order valence-corrected chi connectivity index (χ2v) is 21.6. The van der Waals surface area contributed by atoms with Crippen molar-refractivity contribution in [1.82, 2.24) is 5.06 Å². The Morgan fingerprint density at radius 1 is 0.878 bits per heavy atom. The molecular weight excluding hydrogens is 575 g/mol. The molecule has 3 aromatic rings. The summed E-state index contributed by atoms with van der Waals surface area (Å²) in [6.07, 6.45) is 0.665. The molecule has 0 aliphatic carbocycles. The quantitative estimate of drug-likeness (QED) is 0.275. The lowest BCUT2D eigenvalue weighted by Gasteiger charge is -2.36. The van der Waals surface area contributed by atoms with Gasteiger partial charge in [-0.3, -0.25) is 4.84 Å². The smallest absolute Gasteiger partial charge is 0.214 e. The summed E-state index contributed by atoms with van der Waals surface area (Å²) in [6, 6.07) is 23.6. The Hall–Kier alpha value is -2.34. The predicted molar refractivity (Wildman–Crippen MR) is 162 cm³/mol. The predicted octanol–water partition coefficient (Wildman–Crippen LogP) is 5.96. The van der Waals surface area contributed by atoms with Crippen LogP contribution in [0.25, 0.3) is 0 Å². The number of hydrogen-bond donors (Lipinski definition) is 0. The average molecular weight is 614 g/mol. The molecule has 2 heterocycles. The van der Waals surface area contributed by atoms with Gasteiger partial charge in [-0.2, -0.15) is 5.06 Å². The molecule has 4 unspecified atom stereocenters. The molecular formula is C31H39NO6S2Si. The highest BCUT2D eigenvalue weighted by molar-refractivity contribution is 7.96. The van der Waals surface area contributed by atoms with Crippen LogP contribution in [0, 0.1) is 0 Å². The zero-order chi connectivity index (χ0) is 29.7. The van der Waals surface area contributed by atoms with Crippen LogP contribution < -0.4 is 0 Å². The molecule has 10 heteroatoms. The standard InChI is InChI=1S/C31H39NO6S2Si/c1-30(2,3)41(4,5)37-21-20-24-14-12-13-19-27(24)28-22-31(40(35,36)26-17-10-7-11-18-26)29(23-32(28)38-31)39(33,34)25-15-8-6-9-16-25/h6-19,28-29H,20-23H2,1-5H3. The van der Waals surface area contributed by atoms with Crippen molar-refractivity contribution in [2.24, 2.45) is 0 Å². The number of nitrogens with zero attached hydrogens (tertiary/aromatic N) is 1. The van der Waals surface area contributed by atoms with Crippen molar-refractivity contribution in [2.45, 2.75) is 77.8 Å². The maximum absolute atomic E-state index is 14.3. The molecule has 2 fully saturated rings. The molecule has 0 saturated carbocycles. The first-order chi connectivity index (χ1) is 19.2. The van der Waals surface area contributed by atoms with Gasteiger partial charge in [0.15, 0.2) is 18.2 Å². The molecule has 7 nitrogen and oxygen atoms in total. The van der Waals surface area contributed by atoms with Crippen molar-refractivity contribution in [3.05, 3.63) is 96.1 Å². The van der Waals surface area contributed by atoms with E-state index in [0.717, 1.165) is 11.1 Å². The Morgan fingerprint density at radius 2 is 1.44 bits per heavy atom. The highest BCUT2D eigenvalue weighted by Gasteiger charge is 2.69. The van der Waals surface area contributed by atoms with Crippen LogP contribution >= 0.6 is 0 Å². The SMILES string of the molecule is CC(C)(C)[Si](C)(C)OCCc1ccccc1C1CC2(S(=O)(=O)c3ccccc3)ON1CC2S(=O)(=O)c1ccccc1. The summed E-state index contributed by atoms with van der Waals surface area (Å²) in [4.78, 5) is 4.44. The van der Waals surface area contributed by atoms with Gasteiger partial charge in [-0.05, 0) is 59.9 Å². The van der Waals surface area contributed by atoms with Gasteiger partial charge in [-0.25, -0.2) is 16.8 Å². The Bertz CT molecular complexity index is 1600. The molecule has 4 atom stereocenters. The van der Waals surface area contributed by atoms with Crippen molar-refractivity contribution in [3.8, 4) is 0 Å². The lowest BCUT2D eigenvalue weighted by Crippen LogP contribution is -2.52. The molecule has 3 aromatic carbocycles. The lowest BCUT2D eigenvalue weighted by atomic mass is 9.92. The fourth-order valence-electron chi connectivity index (χ4n) is 5.55. The second-order valence-electron chi connectivity index (χ2n) is 12.4. The van der Waals surface area contributed by atoms with E-state index in [2.05, 4.69) is 33.9 Å². The van der Waals surface area contributed by atoms with Crippen LogP contribution in [0.2, 0.25) is 18.1 Å². The first-order valence-electron chi connectivity index (χ1n) is 14.0. The Morgan fingerprint density at radius 3 is 2.05 bits per heavy atom. The van der Waals surface area contributed by atoms with E-state index in [1.165, 1.54) is 24.3 Å². The van der Waals surface area contributed by atoms with Crippen molar-refractivity contribution in [2.75, 3.05) is 13.2 Å². The molecule has 0 amide bonds. The second kappa shape index (κ2) is 10.7. The third kappa shape index (κ3) is 5.23. The van der Waals surface area contributed by atoms with Gasteiger partial charge in [0.25, 0.3) is 0 Å².